The number of rotatable bonds is 8. The number of fused-ring (bicyclic) bond motifs is 2. The highest BCUT2D eigenvalue weighted by atomic mass is 19.1. The molecule has 0 spiro atoms. The molecule has 168 valence electrons. The maximum atomic E-state index is 15.1. The number of aryl methyl sites for hydroxylation is 1. The third-order valence-electron chi connectivity index (χ3n) is 8.23. The zero-order valence-electron chi connectivity index (χ0n) is 19.7. The lowest BCUT2D eigenvalue weighted by molar-refractivity contribution is 0.113. The van der Waals surface area contributed by atoms with E-state index in [0.29, 0.717) is 5.92 Å². The van der Waals surface area contributed by atoms with Crippen LogP contribution in [0.25, 0.3) is 10.8 Å². The molecule has 2 aromatic carbocycles. The van der Waals surface area contributed by atoms with Crippen LogP contribution < -0.4 is 0 Å². The van der Waals surface area contributed by atoms with Crippen molar-refractivity contribution in [2.45, 2.75) is 96.8 Å². The van der Waals surface area contributed by atoms with Crippen LogP contribution in [0.4, 0.5) is 4.39 Å². The molecule has 0 nitrogen and oxygen atoms in total. The molecule has 0 heterocycles. The molecular formula is C30H41F. The van der Waals surface area contributed by atoms with E-state index in [4.69, 9.17) is 0 Å². The molecule has 0 saturated heterocycles. The second-order valence-corrected chi connectivity index (χ2v) is 10.4. The topological polar surface area (TPSA) is 0 Å². The Kier molecular flexibility index (Phi) is 7.86. The Morgan fingerprint density at radius 2 is 1.81 bits per heavy atom. The van der Waals surface area contributed by atoms with Gasteiger partial charge in [0.2, 0.25) is 0 Å². The fraction of sp³-hybridized carbons (Fsp3) is 0.600. The molecule has 0 amide bonds. The average molecular weight is 421 g/mol. The van der Waals surface area contributed by atoms with Gasteiger partial charge in [-0.1, -0.05) is 69.4 Å². The fourth-order valence-electron chi connectivity index (χ4n) is 6.42. The van der Waals surface area contributed by atoms with Gasteiger partial charge < -0.3 is 0 Å². The summed E-state index contributed by atoms with van der Waals surface area (Å²) in [4.78, 5) is 0. The predicted molar refractivity (Wildman–Crippen MR) is 132 cm³/mol. The summed E-state index contributed by atoms with van der Waals surface area (Å²) >= 11 is 0. The number of allylic oxidation sites excluding steroid dienone is 2. The molecule has 2 fully saturated rings. The minimum atomic E-state index is -0.0258. The molecule has 2 saturated carbocycles. The normalized spacial score (nSPS) is 26.4. The second-order valence-electron chi connectivity index (χ2n) is 10.4. The van der Waals surface area contributed by atoms with E-state index in [1.165, 1.54) is 75.3 Å². The summed E-state index contributed by atoms with van der Waals surface area (Å²) in [5.74, 6) is 3.30. The van der Waals surface area contributed by atoms with E-state index in [1.54, 1.807) is 0 Å². The Morgan fingerprint density at radius 3 is 2.65 bits per heavy atom. The molecule has 31 heavy (non-hydrogen) atoms. The lowest BCUT2D eigenvalue weighted by Crippen LogP contribution is -2.30. The first-order chi connectivity index (χ1) is 15.2. The smallest absolute Gasteiger partial charge is 0.131 e. The van der Waals surface area contributed by atoms with Gasteiger partial charge in [0.1, 0.15) is 5.82 Å². The van der Waals surface area contributed by atoms with Crippen molar-refractivity contribution in [2.24, 2.45) is 17.8 Å². The van der Waals surface area contributed by atoms with Crippen molar-refractivity contribution in [3.63, 3.8) is 0 Å². The van der Waals surface area contributed by atoms with Gasteiger partial charge in [-0.2, -0.15) is 0 Å². The minimum absolute atomic E-state index is 0.0258. The number of hydrogen-bond acceptors (Lipinski definition) is 0. The molecular weight excluding hydrogens is 379 g/mol. The van der Waals surface area contributed by atoms with Crippen LogP contribution in [0.15, 0.2) is 42.5 Å². The molecule has 0 aliphatic heterocycles. The molecule has 2 aliphatic rings. The lowest BCUT2D eigenvalue weighted by Gasteiger charge is -2.42. The van der Waals surface area contributed by atoms with Gasteiger partial charge in [0.25, 0.3) is 0 Å². The average Bonchev–Trinajstić information content (AvgIpc) is 2.79. The number of hydrogen-bond donors (Lipinski definition) is 0. The maximum absolute atomic E-state index is 15.1. The molecule has 4 atom stereocenters. The van der Waals surface area contributed by atoms with Crippen LogP contribution in [0.5, 0.6) is 0 Å². The van der Waals surface area contributed by atoms with Gasteiger partial charge in [-0.3, -0.25) is 0 Å². The van der Waals surface area contributed by atoms with Gasteiger partial charge in [0.15, 0.2) is 0 Å². The first kappa shape index (κ1) is 22.6. The standard InChI is InChI=1S/C30H41F/c1-3-5-7-9-22-11-13-25-19-26(16-15-24(25)17-22)28-20-27-14-12-23(10-8-6-4-2)18-29(27)30(31)21-28/h4,6,12,14,18,20-22,24-26H,3,5,7-11,13,15-17,19H2,1-2H3. The second kappa shape index (κ2) is 10.8. The molecule has 2 aliphatic carbocycles. The molecule has 4 rings (SSSR count). The molecule has 0 N–H and O–H groups in total. The van der Waals surface area contributed by atoms with E-state index >= 15 is 4.39 Å². The van der Waals surface area contributed by atoms with E-state index in [2.05, 4.69) is 43.3 Å². The summed E-state index contributed by atoms with van der Waals surface area (Å²) < 4.78 is 15.1. The summed E-state index contributed by atoms with van der Waals surface area (Å²) in [6.45, 7) is 4.35. The van der Waals surface area contributed by atoms with Crippen molar-refractivity contribution >= 4 is 10.8 Å². The van der Waals surface area contributed by atoms with Crippen LogP contribution in [0.1, 0.15) is 102 Å². The van der Waals surface area contributed by atoms with E-state index < -0.39 is 0 Å². The monoisotopic (exact) mass is 420 g/mol. The van der Waals surface area contributed by atoms with Crippen LogP contribution in [0.2, 0.25) is 0 Å². The van der Waals surface area contributed by atoms with Crippen LogP contribution in [0, 0.1) is 23.6 Å². The zero-order valence-corrected chi connectivity index (χ0v) is 19.7. The number of halogens is 1. The van der Waals surface area contributed by atoms with Gasteiger partial charge in [0, 0.05) is 5.39 Å². The number of benzene rings is 2. The Morgan fingerprint density at radius 1 is 0.968 bits per heavy atom. The van der Waals surface area contributed by atoms with E-state index in [0.717, 1.165) is 41.4 Å². The third-order valence-corrected chi connectivity index (χ3v) is 8.23. The van der Waals surface area contributed by atoms with Crippen LogP contribution in [-0.2, 0) is 6.42 Å². The highest BCUT2D eigenvalue weighted by molar-refractivity contribution is 5.84. The van der Waals surface area contributed by atoms with Gasteiger partial charge in [0.05, 0.1) is 0 Å². The molecule has 2 aromatic rings. The summed E-state index contributed by atoms with van der Waals surface area (Å²) in [6, 6.07) is 10.5. The first-order valence-corrected chi connectivity index (χ1v) is 13.0. The van der Waals surface area contributed by atoms with Gasteiger partial charge in [-0.05, 0) is 104 Å². The summed E-state index contributed by atoms with van der Waals surface area (Å²) in [7, 11) is 0. The Hall–Kier alpha value is -1.63. The van der Waals surface area contributed by atoms with Crippen LogP contribution in [-0.4, -0.2) is 0 Å². The lowest BCUT2D eigenvalue weighted by atomic mass is 9.63. The Balaban J connectivity index is 1.41. The largest absolute Gasteiger partial charge is 0.206 e. The molecule has 0 radical (unpaired) electrons. The SMILES string of the molecule is CC=CCCc1ccc2cc(C3CCC4CC(CCCCC)CCC4C3)cc(F)c2c1. The predicted octanol–water partition coefficient (Wildman–Crippen LogP) is 9.37. The van der Waals surface area contributed by atoms with E-state index in [1.807, 2.05) is 13.0 Å². The van der Waals surface area contributed by atoms with Gasteiger partial charge >= 0.3 is 0 Å². The summed E-state index contributed by atoms with van der Waals surface area (Å²) in [5, 5.41) is 1.87. The van der Waals surface area contributed by atoms with E-state index in [-0.39, 0.29) is 5.82 Å². The van der Waals surface area contributed by atoms with Gasteiger partial charge in [-0.25, -0.2) is 4.39 Å². The first-order valence-electron chi connectivity index (χ1n) is 13.0. The van der Waals surface area contributed by atoms with Crippen molar-refractivity contribution in [1.29, 1.82) is 0 Å². The molecule has 1 heteroatoms. The summed E-state index contributed by atoms with van der Waals surface area (Å²) in [5.41, 5.74) is 2.48. The van der Waals surface area contributed by atoms with Crippen molar-refractivity contribution in [1.82, 2.24) is 0 Å². The van der Waals surface area contributed by atoms with Gasteiger partial charge in [-0.15, -0.1) is 0 Å². The third kappa shape index (κ3) is 5.60. The van der Waals surface area contributed by atoms with Crippen molar-refractivity contribution in [3.8, 4) is 0 Å². The highest BCUT2D eigenvalue weighted by Gasteiger charge is 2.35. The van der Waals surface area contributed by atoms with Crippen LogP contribution >= 0.6 is 0 Å². The Labute approximate surface area is 189 Å². The number of unbranched alkanes of at least 4 members (excludes halogenated alkanes) is 2. The van der Waals surface area contributed by atoms with E-state index in [9.17, 15) is 0 Å². The quantitative estimate of drug-likeness (QED) is 0.295. The highest BCUT2D eigenvalue weighted by Crippen LogP contribution is 2.48. The van der Waals surface area contributed by atoms with Crippen molar-refractivity contribution < 1.29 is 4.39 Å². The maximum Gasteiger partial charge on any atom is 0.131 e. The zero-order chi connectivity index (χ0) is 21.6. The fourth-order valence-corrected chi connectivity index (χ4v) is 6.42. The molecule has 0 aromatic heterocycles. The molecule has 0 bridgehead atoms. The minimum Gasteiger partial charge on any atom is -0.206 e. The van der Waals surface area contributed by atoms with Crippen molar-refractivity contribution in [2.75, 3.05) is 0 Å². The van der Waals surface area contributed by atoms with Crippen LogP contribution in [0.3, 0.4) is 0 Å². The summed E-state index contributed by atoms with van der Waals surface area (Å²) in [6.07, 6.45) is 20.0. The van der Waals surface area contributed by atoms with Crippen molar-refractivity contribution in [3.05, 3.63) is 59.4 Å². The molecule has 4 unspecified atom stereocenters. The Bertz CT molecular complexity index is 879.